The van der Waals surface area contributed by atoms with Gasteiger partial charge in [-0.1, -0.05) is 62.2 Å². The maximum absolute atomic E-state index is 14.7. The fourth-order valence-corrected chi connectivity index (χ4v) is 4.28. The molecule has 1 saturated heterocycles. The quantitative estimate of drug-likeness (QED) is 0.657. The molecule has 2 atom stereocenters. The molecule has 0 spiro atoms. The van der Waals surface area contributed by atoms with Crippen LogP contribution in [0.25, 0.3) is 0 Å². The molecule has 1 N–H and O–H groups in total. The van der Waals surface area contributed by atoms with Crippen LogP contribution in [0.15, 0.2) is 42.5 Å². The maximum Gasteiger partial charge on any atom is 0.242 e. The number of hydrogen-bond acceptors (Lipinski definition) is 2. The number of rotatable bonds is 4. The van der Waals surface area contributed by atoms with Gasteiger partial charge in [-0.15, -0.1) is 0 Å². The number of likely N-dealkylation sites (tertiary alicyclic amines) is 1. The molecular formula is C22H25Cl2FN2O. The average Bonchev–Trinajstić information content (AvgIpc) is 2.99. The van der Waals surface area contributed by atoms with E-state index >= 15 is 0 Å². The summed E-state index contributed by atoms with van der Waals surface area (Å²) in [4.78, 5) is 15.4. The second-order valence-corrected chi connectivity index (χ2v) is 9.36. The van der Waals surface area contributed by atoms with E-state index in [1.165, 1.54) is 6.07 Å². The molecule has 1 heterocycles. The Hall–Kier alpha value is -1.62. The fourth-order valence-electron chi connectivity index (χ4n) is 3.91. The van der Waals surface area contributed by atoms with Crippen LogP contribution in [0.1, 0.15) is 38.7 Å². The van der Waals surface area contributed by atoms with E-state index in [2.05, 4.69) is 31.0 Å². The van der Waals surface area contributed by atoms with Crippen LogP contribution >= 0.6 is 23.2 Å². The van der Waals surface area contributed by atoms with Gasteiger partial charge in [-0.3, -0.25) is 9.69 Å². The van der Waals surface area contributed by atoms with Crippen molar-refractivity contribution in [3.63, 3.8) is 0 Å². The highest BCUT2D eigenvalue weighted by Crippen LogP contribution is 2.38. The molecule has 0 aromatic heterocycles. The molecule has 0 saturated carbocycles. The molecule has 2 aromatic rings. The third-order valence-electron chi connectivity index (χ3n) is 4.92. The van der Waals surface area contributed by atoms with E-state index in [0.717, 1.165) is 13.1 Å². The molecular weight excluding hydrogens is 398 g/mol. The zero-order valence-electron chi connectivity index (χ0n) is 16.3. The summed E-state index contributed by atoms with van der Waals surface area (Å²) >= 11 is 12.0. The molecule has 28 heavy (non-hydrogen) atoms. The van der Waals surface area contributed by atoms with E-state index in [-0.39, 0.29) is 22.3 Å². The molecule has 2 aromatic carbocycles. The number of benzene rings is 2. The third kappa shape index (κ3) is 4.86. The summed E-state index contributed by atoms with van der Waals surface area (Å²) in [6.07, 6.45) is 0.695. The van der Waals surface area contributed by atoms with Gasteiger partial charge in [0, 0.05) is 23.2 Å². The zero-order chi connectivity index (χ0) is 20.5. The fraction of sp³-hybridized carbons (Fsp3) is 0.409. The Labute approximate surface area is 175 Å². The summed E-state index contributed by atoms with van der Waals surface area (Å²) in [5.74, 6) is -0.860. The SMILES string of the molecule is CC(C)(C)CN1CCC(c2cccc(Cl)c2F)C1C(=O)Nc1cccc(Cl)c1. The third-order valence-corrected chi connectivity index (χ3v) is 5.45. The van der Waals surface area contributed by atoms with Crippen molar-refractivity contribution < 1.29 is 9.18 Å². The van der Waals surface area contributed by atoms with Crippen molar-refractivity contribution >= 4 is 34.8 Å². The standard InChI is InChI=1S/C22H25Cl2FN2O/c1-22(2,3)13-27-11-10-17(16-8-5-9-18(24)19(16)25)20(27)21(28)26-15-7-4-6-14(23)12-15/h4-9,12,17,20H,10-11,13H2,1-3H3,(H,26,28). The van der Waals surface area contributed by atoms with Crippen LogP contribution in [-0.4, -0.2) is 29.9 Å². The number of hydrogen-bond donors (Lipinski definition) is 1. The van der Waals surface area contributed by atoms with Gasteiger partial charge in [0.05, 0.1) is 11.1 Å². The first-order valence-electron chi connectivity index (χ1n) is 9.40. The van der Waals surface area contributed by atoms with E-state index in [0.29, 0.717) is 22.7 Å². The first kappa shape index (κ1) is 21.1. The molecule has 1 aliphatic rings. The number of nitrogens with one attached hydrogen (secondary N) is 1. The van der Waals surface area contributed by atoms with Gasteiger partial charge in [0.2, 0.25) is 5.91 Å². The topological polar surface area (TPSA) is 32.3 Å². The lowest BCUT2D eigenvalue weighted by atomic mass is 9.89. The Kier molecular flexibility index (Phi) is 6.33. The zero-order valence-corrected chi connectivity index (χ0v) is 17.8. The van der Waals surface area contributed by atoms with Crippen molar-refractivity contribution in [1.29, 1.82) is 0 Å². The Balaban J connectivity index is 1.93. The largest absolute Gasteiger partial charge is 0.325 e. The predicted molar refractivity (Wildman–Crippen MR) is 114 cm³/mol. The molecule has 2 unspecified atom stereocenters. The summed E-state index contributed by atoms with van der Waals surface area (Å²) in [5, 5.41) is 3.59. The lowest BCUT2D eigenvalue weighted by molar-refractivity contribution is -0.121. The minimum atomic E-state index is -0.480. The van der Waals surface area contributed by atoms with Crippen molar-refractivity contribution in [1.82, 2.24) is 4.90 Å². The maximum atomic E-state index is 14.7. The lowest BCUT2D eigenvalue weighted by Gasteiger charge is -2.32. The van der Waals surface area contributed by atoms with Crippen LogP contribution in [0.2, 0.25) is 10.0 Å². The van der Waals surface area contributed by atoms with Crippen LogP contribution in [0.3, 0.4) is 0 Å². The summed E-state index contributed by atoms with van der Waals surface area (Å²) < 4.78 is 14.7. The minimum absolute atomic E-state index is 0.0103. The molecule has 1 amide bonds. The van der Waals surface area contributed by atoms with E-state index in [1.807, 2.05) is 0 Å². The minimum Gasteiger partial charge on any atom is -0.325 e. The van der Waals surface area contributed by atoms with Crippen molar-refractivity contribution in [3.05, 3.63) is 63.9 Å². The molecule has 150 valence electrons. The van der Waals surface area contributed by atoms with Crippen molar-refractivity contribution in [2.75, 3.05) is 18.4 Å². The molecule has 3 nitrogen and oxygen atoms in total. The lowest BCUT2D eigenvalue weighted by Crippen LogP contribution is -2.45. The van der Waals surface area contributed by atoms with Crippen molar-refractivity contribution in [3.8, 4) is 0 Å². The molecule has 6 heteroatoms. The molecule has 1 fully saturated rings. The van der Waals surface area contributed by atoms with E-state index in [1.54, 1.807) is 36.4 Å². The Morgan fingerprint density at radius 2 is 1.93 bits per heavy atom. The van der Waals surface area contributed by atoms with Gasteiger partial charge in [-0.05, 0) is 48.2 Å². The van der Waals surface area contributed by atoms with E-state index < -0.39 is 11.9 Å². The Morgan fingerprint density at radius 1 is 1.21 bits per heavy atom. The summed E-state index contributed by atoms with van der Waals surface area (Å²) in [7, 11) is 0. The first-order chi connectivity index (χ1) is 13.2. The smallest absolute Gasteiger partial charge is 0.242 e. The number of nitrogens with zero attached hydrogens (tertiary/aromatic N) is 1. The van der Waals surface area contributed by atoms with Crippen LogP contribution < -0.4 is 5.32 Å². The Bertz CT molecular complexity index is 866. The van der Waals surface area contributed by atoms with Gasteiger partial charge in [0.1, 0.15) is 5.82 Å². The number of carbonyl (C=O) groups excluding carboxylic acids is 1. The summed E-state index contributed by atoms with van der Waals surface area (Å²) in [6, 6.07) is 11.6. The highest BCUT2D eigenvalue weighted by Gasteiger charge is 2.42. The average molecular weight is 423 g/mol. The first-order valence-corrected chi connectivity index (χ1v) is 10.2. The van der Waals surface area contributed by atoms with Gasteiger partial charge in [0.25, 0.3) is 0 Å². The molecule has 0 radical (unpaired) electrons. The molecule has 0 bridgehead atoms. The number of anilines is 1. The second-order valence-electron chi connectivity index (χ2n) is 8.51. The Morgan fingerprint density at radius 3 is 2.61 bits per heavy atom. The van der Waals surface area contributed by atoms with Crippen molar-refractivity contribution in [2.45, 2.75) is 39.2 Å². The second kappa shape index (κ2) is 8.40. The van der Waals surface area contributed by atoms with Gasteiger partial charge in [0.15, 0.2) is 0 Å². The van der Waals surface area contributed by atoms with Gasteiger partial charge < -0.3 is 5.32 Å². The van der Waals surface area contributed by atoms with Crippen LogP contribution in [0.4, 0.5) is 10.1 Å². The predicted octanol–water partition coefficient (Wildman–Crippen LogP) is 5.98. The van der Waals surface area contributed by atoms with Gasteiger partial charge in [-0.2, -0.15) is 0 Å². The van der Waals surface area contributed by atoms with Gasteiger partial charge in [-0.25, -0.2) is 4.39 Å². The van der Waals surface area contributed by atoms with Crippen LogP contribution in [0.5, 0.6) is 0 Å². The normalized spacial score (nSPS) is 20.4. The molecule has 1 aliphatic heterocycles. The van der Waals surface area contributed by atoms with Crippen LogP contribution in [-0.2, 0) is 4.79 Å². The number of carbonyl (C=O) groups is 1. The van der Waals surface area contributed by atoms with Gasteiger partial charge >= 0.3 is 0 Å². The summed E-state index contributed by atoms with van der Waals surface area (Å²) in [5.41, 5.74) is 1.14. The van der Waals surface area contributed by atoms with Crippen molar-refractivity contribution in [2.24, 2.45) is 5.41 Å². The van der Waals surface area contributed by atoms with E-state index in [4.69, 9.17) is 23.2 Å². The summed E-state index contributed by atoms with van der Waals surface area (Å²) in [6.45, 7) is 7.85. The molecule has 3 rings (SSSR count). The highest BCUT2D eigenvalue weighted by molar-refractivity contribution is 6.31. The monoisotopic (exact) mass is 422 g/mol. The number of amides is 1. The van der Waals surface area contributed by atoms with Crippen LogP contribution in [0, 0.1) is 11.2 Å². The van der Waals surface area contributed by atoms with E-state index in [9.17, 15) is 9.18 Å². The highest BCUT2D eigenvalue weighted by atomic mass is 35.5. The number of halogens is 3. The molecule has 0 aliphatic carbocycles.